The normalized spacial score (nSPS) is 11.4. The molecule has 0 aliphatic carbocycles. The Balaban J connectivity index is 1.49. The van der Waals surface area contributed by atoms with Crippen molar-refractivity contribution in [3.8, 4) is 39.0 Å². The maximum atomic E-state index is 5.29. The van der Waals surface area contributed by atoms with E-state index in [9.17, 15) is 0 Å². The summed E-state index contributed by atoms with van der Waals surface area (Å²) < 4.78 is 5.29. The molecule has 0 amide bonds. The molecule has 0 atom stereocenters. The number of aryl methyl sites for hydroxylation is 1. The zero-order valence-electron chi connectivity index (χ0n) is 17.2. The summed E-state index contributed by atoms with van der Waals surface area (Å²) in [5, 5.41) is 8.47. The number of aromatic nitrogens is 7. The largest absolute Gasteiger partial charge is 0.495 e. The number of nitrogens with zero attached hydrogens (tertiary/aromatic N) is 5. The molecule has 6 aromatic heterocycles. The molecule has 0 saturated heterocycles. The van der Waals surface area contributed by atoms with Gasteiger partial charge < -0.3 is 9.72 Å². The van der Waals surface area contributed by atoms with Crippen LogP contribution in [0.15, 0.2) is 55.1 Å². The van der Waals surface area contributed by atoms with E-state index in [2.05, 4.69) is 49.2 Å². The van der Waals surface area contributed by atoms with Crippen molar-refractivity contribution in [2.75, 3.05) is 7.11 Å². The van der Waals surface area contributed by atoms with Gasteiger partial charge in [-0.3, -0.25) is 15.1 Å². The van der Waals surface area contributed by atoms with Gasteiger partial charge in [-0.1, -0.05) is 0 Å². The predicted octanol–water partition coefficient (Wildman–Crippen LogP) is 5.00. The van der Waals surface area contributed by atoms with E-state index in [0.717, 1.165) is 33.2 Å². The van der Waals surface area contributed by atoms with E-state index in [1.165, 1.54) is 9.75 Å². The molecule has 0 saturated carbocycles. The minimum absolute atomic E-state index is 0.653. The molecule has 6 heterocycles. The van der Waals surface area contributed by atoms with Crippen LogP contribution in [0.3, 0.4) is 0 Å². The fraction of sp³-hybridized carbons (Fsp3) is 0.0870. The number of pyridine rings is 3. The van der Waals surface area contributed by atoms with Crippen molar-refractivity contribution in [3.05, 3.63) is 60.0 Å². The summed E-state index contributed by atoms with van der Waals surface area (Å²) in [6.07, 6.45) is 6.98. The van der Waals surface area contributed by atoms with E-state index in [-0.39, 0.29) is 0 Å². The molecule has 0 radical (unpaired) electrons. The summed E-state index contributed by atoms with van der Waals surface area (Å²) >= 11 is 1.75. The Labute approximate surface area is 186 Å². The number of aromatic amines is 2. The molecule has 0 bridgehead atoms. The van der Waals surface area contributed by atoms with E-state index in [0.29, 0.717) is 22.9 Å². The van der Waals surface area contributed by atoms with Gasteiger partial charge in [-0.2, -0.15) is 5.10 Å². The molecule has 6 rings (SSSR count). The molecule has 32 heavy (non-hydrogen) atoms. The van der Waals surface area contributed by atoms with Gasteiger partial charge >= 0.3 is 0 Å². The monoisotopic (exact) mass is 439 g/mol. The van der Waals surface area contributed by atoms with E-state index < -0.39 is 0 Å². The van der Waals surface area contributed by atoms with Crippen LogP contribution in [0.4, 0.5) is 0 Å². The lowest BCUT2D eigenvalue weighted by Crippen LogP contribution is -1.89. The summed E-state index contributed by atoms with van der Waals surface area (Å²) in [5.74, 6) is 1.33. The number of thiophene rings is 1. The fourth-order valence-corrected chi connectivity index (χ4v) is 4.63. The lowest BCUT2D eigenvalue weighted by Gasteiger charge is -2.03. The number of hydrogen-bond donors (Lipinski definition) is 2. The molecule has 0 aliphatic heterocycles. The Kier molecular flexibility index (Phi) is 4.22. The number of imidazole rings is 1. The first kappa shape index (κ1) is 18.6. The Bertz CT molecular complexity index is 1600. The van der Waals surface area contributed by atoms with Crippen molar-refractivity contribution in [1.82, 2.24) is 35.1 Å². The lowest BCUT2D eigenvalue weighted by atomic mass is 10.1. The van der Waals surface area contributed by atoms with Crippen molar-refractivity contribution < 1.29 is 4.74 Å². The topological polar surface area (TPSA) is 105 Å². The average Bonchev–Trinajstić information content (AvgIpc) is 3.55. The Hall–Kier alpha value is -4.11. The van der Waals surface area contributed by atoms with Crippen molar-refractivity contribution in [2.45, 2.75) is 6.92 Å². The molecule has 8 nitrogen and oxygen atoms in total. The first-order chi connectivity index (χ1) is 15.7. The van der Waals surface area contributed by atoms with Crippen LogP contribution >= 0.6 is 11.3 Å². The molecule has 2 N–H and O–H groups in total. The van der Waals surface area contributed by atoms with Crippen LogP contribution in [0.2, 0.25) is 0 Å². The van der Waals surface area contributed by atoms with Crippen LogP contribution in [0.25, 0.3) is 55.3 Å². The molecule has 0 aromatic carbocycles. The van der Waals surface area contributed by atoms with Crippen LogP contribution in [0, 0.1) is 6.92 Å². The van der Waals surface area contributed by atoms with Gasteiger partial charge in [0.2, 0.25) is 0 Å². The number of nitrogens with one attached hydrogen (secondary N) is 2. The Morgan fingerprint density at radius 1 is 1.03 bits per heavy atom. The highest BCUT2D eigenvalue weighted by Crippen LogP contribution is 2.34. The molecule has 6 aromatic rings. The predicted molar refractivity (Wildman–Crippen MR) is 125 cm³/mol. The van der Waals surface area contributed by atoms with Gasteiger partial charge in [0.05, 0.1) is 36.2 Å². The summed E-state index contributed by atoms with van der Waals surface area (Å²) in [6.45, 7) is 2.10. The second kappa shape index (κ2) is 7.24. The van der Waals surface area contributed by atoms with Gasteiger partial charge in [0.15, 0.2) is 11.5 Å². The number of ether oxygens (including phenoxy) is 1. The average molecular weight is 440 g/mol. The van der Waals surface area contributed by atoms with Gasteiger partial charge in [0, 0.05) is 38.7 Å². The van der Waals surface area contributed by atoms with Crippen molar-refractivity contribution in [2.24, 2.45) is 0 Å². The van der Waals surface area contributed by atoms with E-state index in [1.54, 1.807) is 43.2 Å². The third-order valence-corrected chi connectivity index (χ3v) is 6.35. The second-order valence-electron chi connectivity index (χ2n) is 7.35. The van der Waals surface area contributed by atoms with Gasteiger partial charge in [0.1, 0.15) is 11.4 Å². The number of fused-ring (bicyclic) bond motifs is 2. The maximum absolute atomic E-state index is 5.29. The van der Waals surface area contributed by atoms with Crippen molar-refractivity contribution >= 4 is 33.4 Å². The maximum Gasteiger partial charge on any atom is 0.178 e. The quantitative estimate of drug-likeness (QED) is 0.400. The summed E-state index contributed by atoms with van der Waals surface area (Å²) in [4.78, 5) is 23.9. The van der Waals surface area contributed by atoms with Crippen LogP contribution in [0.5, 0.6) is 5.75 Å². The highest BCUT2D eigenvalue weighted by atomic mass is 32.1. The minimum Gasteiger partial charge on any atom is -0.495 e. The van der Waals surface area contributed by atoms with E-state index >= 15 is 0 Å². The fourth-order valence-electron chi connectivity index (χ4n) is 3.73. The number of methoxy groups -OCH3 is 1. The summed E-state index contributed by atoms with van der Waals surface area (Å²) in [7, 11) is 1.62. The van der Waals surface area contributed by atoms with Gasteiger partial charge in [-0.25, -0.2) is 9.97 Å². The smallest absolute Gasteiger partial charge is 0.178 e. The first-order valence-electron chi connectivity index (χ1n) is 9.95. The number of rotatable bonds is 4. The summed E-state index contributed by atoms with van der Waals surface area (Å²) in [5.41, 5.74) is 5.80. The van der Waals surface area contributed by atoms with Gasteiger partial charge in [-0.15, -0.1) is 11.3 Å². The molecule has 156 valence electrons. The van der Waals surface area contributed by atoms with Crippen LogP contribution in [0.1, 0.15) is 4.88 Å². The zero-order valence-corrected chi connectivity index (χ0v) is 18.1. The van der Waals surface area contributed by atoms with Crippen LogP contribution in [-0.2, 0) is 0 Å². The van der Waals surface area contributed by atoms with Crippen molar-refractivity contribution in [1.29, 1.82) is 0 Å². The van der Waals surface area contributed by atoms with Crippen LogP contribution in [-0.4, -0.2) is 42.2 Å². The molecular weight excluding hydrogens is 422 g/mol. The Morgan fingerprint density at radius 3 is 2.81 bits per heavy atom. The molecule has 9 heteroatoms. The third kappa shape index (κ3) is 3.02. The first-order valence-corrected chi connectivity index (χ1v) is 10.8. The minimum atomic E-state index is 0.653. The molecule has 0 spiro atoms. The number of H-pyrrole nitrogens is 2. The van der Waals surface area contributed by atoms with E-state index in [4.69, 9.17) is 9.72 Å². The van der Waals surface area contributed by atoms with Crippen molar-refractivity contribution in [3.63, 3.8) is 0 Å². The molecule has 0 fully saturated rings. The molecule has 0 aliphatic rings. The highest BCUT2D eigenvalue weighted by molar-refractivity contribution is 7.15. The lowest BCUT2D eigenvalue weighted by molar-refractivity contribution is 0.413. The SMILES string of the molecule is COc1cncc(-c2cc3c(-c4nc5nccc(-c6ccc(C)s6)c5[nH]4)n[nH]c3cn2)c1. The number of hydrogen-bond acceptors (Lipinski definition) is 7. The van der Waals surface area contributed by atoms with E-state index in [1.807, 2.05) is 18.2 Å². The highest BCUT2D eigenvalue weighted by Gasteiger charge is 2.17. The second-order valence-corrected chi connectivity index (χ2v) is 8.64. The molecular formula is C23H17N7OS. The molecule has 0 unspecified atom stereocenters. The Morgan fingerprint density at radius 2 is 1.97 bits per heavy atom. The summed E-state index contributed by atoms with van der Waals surface area (Å²) in [6, 6.07) is 10.1. The zero-order chi connectivity index (χ0) is 21.7. The van der Waals surface area contributed by atoms with Gasteiger partial charge in [0.25, 0.3) is 0 Å². The van der Waals surface area contributed by atoms with Gasteiger partial charge in [-0.05, 0) is 37.3 Å². The third-order valence-electron chi connectivity index (χ3n) is 5.31. The van der Waals surface area contributed by atoms with Crippen LogP contribution < -0.4 is 4.74 Å². The standard InChI is InChI=1S/C23H17N7OS/c1-12-3-4-19(32-12)15-5-6-25-22-20(15)27-23(28-22)21-16-8-17(26-11-18(16)29-30-21)13-7-14(31-2)10-24-9-13/h3-11H,1-2H3,(H,29,30)(H,25,27,28).